The van der Waals surface area contributed by atoms with Crippen LogP contribution in [0, 0.1) is 5.21 Å². The number of methoxy groups -OCH3 is 1. The molecule has 0 saturated heterocycles. The maximum Gasteiger partial charge on any atom is 0.338 e. The van der Waals surface area contributed by atoms with Gasteiger partial charge in [-0.3, -0.25) is 4.79 Å². The molecule has 29 heavy (non-hydrogen) atoms. The Morgan fingerprint density at radius 3 is 2.52 bits per heavy atom. The summed E-state index contributed by atoms with van der Waals surface area (Å²) in [6.07, 6.45) is 2.16. The molecule has 2 aromatic carbocycles. The van der Waals surface area contributed by atoms with E-state index in [4.69, 9.17) is 21.1 Å². The second-order valence-electron chi connectivity index (χ2n) is 6.47. The van der Waals surface area contributed by atoms with Crippen LogP contribution < -0.4 is 9.47 Å². The predicted octanol–water partition coefficient (Wildman–Crippen LogP) is 4.48. The lowest BCUT2D eigenvalue weighted by Gasteiger charge is -2.11. The van der Waals surface area contributed by atoms with Crippen molar-refractivity contribution in [3.8, 4) is 5.75 Å². The van der Waals surface area contributed by atoms with Crippen LogP contribution in [0.3, 0.4) is 0 Å². The van der Waals surface area contributed by atoms with Crippen LogP contribution in [0.1, 0.15) is 46.0 Å². The number of fused-ring (bicyclic) bond motifs is 1. The van der Waals surface area contributed by atoms with Crippen molar-refractivity contribution in [2.75, 3.05) is 7.11 Å². The minimum Gasteiger partial charge on any atom is -0.618 e. The van der Waals surface area contributed by atoms with Gasteiger partial charge in [0.2, 0.25) is 5.52 Å². The third-order valence-electron chi connectivity index (χ3n) is 4.52. The Morgan fingerprint density at radius 1 is 1.14 bits per heavy atom. The molecule has 3 rings (SSSR count). The summed E-state index contributed by atoms with van der Waals surface area (Å²) in [7, 11) is 1.54. The number of hydrogen-bond acceptors (Lipinski definition) is 5. The van der Waals surface area contributed by atoms with E-state index in [1.54, 1.807) is 49.6 Å². The number of Topliss-reactive ketones (excluding diaryl/α,β-unsaturated/α-hetero) is 1. The second kappa shape index (κ2) is 8.92. The van der Waals surface area contributed by atoms with E-state index in [9.17, 15) is 14.8 Å². The molecule has 150 valence electrons. The molecule has 6 nitrogen and oxygen atoms in total. The number of hydrogen-bond donors (Lipinski definition) is 0. The van der Waals surface area contributed by atoms with Gasteiger partial charge in [0.1, 0.15) is 17.9 Å². The van der Waals surface area contributed by atoms with Crippen molar-refractivity contribution in [3.63, 3.8) is 0 Å². The zero-order chi connectivity index (χ0) is 21.0. The van der Waals surface area contributed by atoms with E-state index in [1.165, 1.54) is 6.20 Å². The van der Waals surface area contributed by atoms with Crippen LogP contribution in [0.4, 0.5) is 0 Å². The Labute approximate surface area is 173 Å². The lowest BCUT2D eigenvalue weighted by Crippen LogP contribution is -2.30. The van der Waals surface area contributed by atoms with Crippen molar-refractivity contribution in [2.24, 2.45) is 0 Å². The Balaban J connectivity index is 1.89. The van der Waals surface area contributed by atoms with Gasteiger partial charge in [0.05, 0.1) is 28.6 Å². The van der Waals surface area contributed by atoms with Gasteiger partial charge in [0.25, 0.3) is 0 Å². The lowest BCUT2D eigenvalue weighted by molar-refractivity contribution is -0.577. The number of esters is 1. The highest BCUT2D eigenvalue weighted by Crippen LogP contribution is 2.28. The van der Waals surface area contributed by atoms with E-state index >= 15 is 0 Å². The van der Waals surface area contributed by atoms with Gasteiger partial charge in [-0.25, -0.2) is 4.79 Å². The van der Waals surface area contributed by atoms with Crippen molar-refractivity contribution in [2.45, 2.75) is 26.4 Å². The average Bonchev–Trinajstić information content (AvgIpc) is 2.74. The number of ketones is 1. The largest absolute Gasteiger partial charge is 0.618 e. The summed E-state index contributed by atoms with van der Waals surface area (Å²) in [5.74, 6) is -0.0747. The Bertz CT molecular complexity index is 1060. The van der Waals surface area contributed by atoms with Gasteiger partial charge >= 0.3 is 5.97 Å². The first kappa shape index (κ1) is 20.6. The van der Waals surface area contributed by atoms with Crippen LogP contribution in [0.2, 0.25) is 5.02 Å². The van der Waals surface area contributed by atoms with E-state index in [0.29, 0.717) is 39.8 Å². The molecule has 0 aliphatic rings. The third-order valence-corrected chi connectivity index (χ3v) is 4.93. The predicted molar refractivity (Wildman–Crippen MR) is 109 cm³/mol. The number of halogens is 1. The molecule has 7 heteroatoms. The highest BCUT2D eigenvalue weighted by Gasteiger charge is 2.22. The normalized spacial score (nSPS) is 10.7. The van der Waals surface area contributed by atoms with Gasteiger partial charge in [0.15, 0.2) is 12.0 Å². The molecule has 0 unspecified atom stereocenters. The molecule has 0 radical (unpaired) electrons. The van der Waals surface area contributed by atoms with Crippen LogP contribution in [-0.4, -0.2) is 18.9 Å². The number of pyridine rings is 1. The molecule has 0 N–H and O–H groups in total. The van der Waals surface area contributed by atoms with Crippen molar-refractivity contribution in [3.05, 3.63) is 75.6 Å². The number of rotatable bonds is 7. The first-order valence-electron chi connectivity index (χ1n) is 9.14. The zero-order valence-corrected chi connectivity index (χ0v) is 16.9. The summed E-state index contributed by atoms with van der Waals surface area (Å²) in [6.45, 7) is 1.77. The number of aromatic nitrogens is 1. The summed E-state index contributed by atoms with van der Waals surface area (Å²) in [6, 6.07) is 11.6. The van der Waals surface area contributed by atoms with E-state index in [1.807, 2.05) is 6.92 Å². The van der Waals surface area contributed by atoms with Gasteiger partial charge in [-0.2, -0.15) is 4.73 Å². The number of para-hydroxylation sites is 1. The summed E-state index contributed by atoms with van der Waals surface area (Å²) in [5.41, 5.74) is 1.33. The molecule has 3 aromatic rings. The zero-order valence-electron chi connectivity index (χ0n) is 16.1. The minimum absolute atomic E-state index is 0.108. The van der Waals surface area contributed by atoms with Crippen molar-refractivity contribution < 1.29 is 23.8 Å². The molecule has 0 aliphatic carbocycles. The molecule has 0 atom stereocenters. The van der Waals surface area contributed by atoms with Gasteiger partial charge < -0.3 is 14.7 Å². The maximum atomic E-state index is 12.6. The first-order valence-corrected chi connectivity index (χ1v) is 9.51. The number of ether oxygens (including phenoxy) is 2. The highest BCUT2D eigenvalue weighted by molar-refractivity contribution is 6.38. The molecule has 1 heterocycles. The monoisotopic (exact) mass is 413 g/mol. The fourth-order valence-corrected chi connectivity index (χ4v) is 3.35. The summed E-state index contributed by atoms with van der Waals surface area (Å²) >= 11 is 6.41. The molecule has 0 spiro atoms. The summed E-state index contributed by atoms with van der Waals surface area (Å²) < 4.78 is 11.0. The van der Waals surface area contributed by atoms with E-state index in [0.717, 1.165) is 0 Å². The van der Waals surface area contributed by atoms with E-state index in [2.05, 4.69) is 0 Å². The second-order valence-corrected chi connectivity index (χ2v) is 6.85. The summed E-state index contributed by atoms with van der Waals surface area (Å²) in [5, 5.41) is 13.3. The third kappa shape index (κ3) is 4.32. The Hall–Kier alpha value is -3.12. The van der Waals surface area contributed by atoms with Crippen molar-refractivity contribution >= 4 is 34.3 Å². The van der Waals surface area contributed by atoms with E-state index < -0.39 is 5.97 Å². The molecule has 0 saturated carbocycles. The molecular formula is C22H20ClNO5. The topological polar surface area (TPSA) is 79.5 Å². The van der Waals surface area contributed by atoms with Crippen LogP contribution in [0.5, 0.6) is 5.75 Å². The number of nitrogens with zero attached hydrogens (tertiary/aromatic N) is 1. The van der Waals surface area contributed by atoms with Crippen LogP contribution in [0.15, 0.2) is 48.7 Å². The van der Waals surface area contributed by atoms with Crippen LogP contribution in [0.25, 0.3) is 10.9 Å². The fraction of sp³-hybridized carbons (Fsp3) is 0.227. The highest BCUT2D eigenvalue weighted by atomic mass is 35.5. The number of benzene rings is 2. The van der Waals surface area contributed by atoms with Crippen LogP contribution >= 0.6 is 11.6 Å². The van der Waals surface area contributed by atoms with Gasteiger partial charge in [-0.05, 0) is 42.8 Å². The van der Waals surface area contributed by atoms with Crippen LogP contribution in [-0.2, 0) is 11.3 Å². The molecular weight excluding hydrogens is 394 g/mol. The van der Waals surface area contributed by atoms with Gasteiger partial charge in [-0.1, -0.05) is 24.6 Å². The maximum absolute atomic E-state index is 12.6. The molecule has 0 fully saturated rings. The fourth-order valence-electron chi connectivity index (χ4n) is 3.04. The molecule has 0 amide bonds. The smallest absolute Gasteiger partial charge is 0.338 e. The lowest BCUT2D eigenvalue weighted by atomic mass is 10.0. The van der Waals surface area contributed by atoms with Crippen molar-refractivity contribution in [1.29, 1.82) is 0 Å². The molecule has 0 bridgehead atoms. The molecule has 0 aliphatic heterocycles. The van der Waals surface area contributed by atoms with Crippen molar-refractivity contribution in [1.82, 2.24) is 0 Å². The SMILES string of the molecule is CCCC(=O)c1c[n+]([O-])c2c(COC(=O)c3ccc(OC)cc3)cccc2c1Cl. The standard InChI is InChI=1S/C22H20ClNO5/c1-3-5-19(25)18-12-24(27)21-15(6-4-7-17(21)20(18)23)13-29-22(26)14-8-10-16(28-2)11-9-14/h4,6-12H,3,5,13H2,1-2H3. The number of carbonyl (C=O) groups excluding carboxylic acids is 2. The number of carbonyl (C=O) groups is 2. The van der Waals surface area contributed by atoms with Gasteiger partial charge in [0, 0.05) is 6.42 Å². The Kier molecular flexibility index (Phi) is 6.34. The van der Waals surface area contributed by atoms with E-state index in [-0.39, 0.29) is 28.5 Å². The Morgan fingerprint density at radius 2 is 1.86 bits per heavy atom. The quantitative estimate of drug-likeness (QED) is 0.247. The summed E-state index contributed by atoms with van der Waals surface area (Å²) in [4.78, 5) is 24.6. The first-order chi connectivity index (χ1) is 14.0. The van der Waals surface area contributed by atoms with Gasteiger partial charge in [-0.15, -0.1) is 0 Å². The molecule has 1 aromatic heterocycles. The minimum atomic E-state index is -0.525. The average molecular weight is 414 g/mol.